The van der Waals surface area contributed by atoms with Gasteiger partial charge >= 0.3 is 0 Å². The van der Waals surface area contributed by atoms with Crippen molar-refractivity contribution in [2.45, 2.75) is 13.2 Å². The molecule has 0 spiro atoms. The maximum Gasteiger partial charge on any atom is 0.167 e. The summed E-state index contributed by atoms with van der Waals surface area (Å²) < 4.78 is 26.2. The molecule has 0 saturated heterocycles. The normalized spacial score (nSPS) is 10.4. The SMILES string of the molecule is COc1ccc(Br)c(CNc2ccccc2)c1OCc1ccccc1F. The van der Waals surface area contributed by atoms with Gasteiger partial charge in [0.2, 0.25) is 0 Å². The van der Waals surface area contributed by atoms with E-state index < -0.39 is 0 Å². The van der Waals surface area contributed by atoms with Crippen molar-refractivity contribution in [3.8, 4) is 11.5 Å². The minimum Gasteiger partial charge on any atom is -0.493 e. The minimum absolute atomic E-state index is 0.123. The van der Waals surface area contributed by atoms with Crippen LogP contribution in [0.5, 0.6) is 11.5 Å². The monoisotopic (exact) mass is 415 g/mol. The van der Waals surface area contributed by atoms with Crippen LogP contribution in [-0.4, -0.2) is 7.11 Å². The van der Waals surface area contributed by atoms with Gasteiger partial charge in [-0.3, -0.25) is 0 Å². The molecule has 0 atom stereocenters. The Morgan fingerprint density at radius 2 is 1.69 bits per heavy atom. The fourth-order valence-electron chi connectivity index (χ4n) is 2.58. The molecule has 0 bridgehead atoms. The summed E-state index contributed by atoms with van der Waals surface area (Å²) in [6, 6.07) is 20.2. The summed E-state index contributed by atoms with van der Waals surface area (Å²) in [7, 11) is 1.59. The Labute approximate surface area is 160 Å². The molecular formula is C21H19BrFNO2. The van der Waals surface area contributed by atoms with E-state index in [0.29, 0.717) is 23.6 Å². The van der Waals surface area contributed by atoms with Crippen LogP contribution < -0.4 is 14.8 Å². The lowest BCUT2D eigenvalue weighted by Gasteiger charge is -2.18. The molecule has 0 aliphatic rings. The van der Waals surface area contributed by atoms with Crippen molar-refractivity contribution >= 4 is 21.6 Å². The number of methoxy groups -OCH3 is 1. The predicted molar refractivity (Wildman–Crippen MR) is 105 cm³/mol. The molecule has 0 radical (unpaired) electrons. The summed E-state index contributed by atoms with van der Waals surface area (Å²) in [6.45, 7) is 0.659. The number of anilines is 1. The fraction of sp³-hybridized carbons (Fsp3) is 0.143. The van der Waals surface area contributed by atoms with Crippen molar-refractivity contribution in [3.63, 3.8) is 0 Å². The molecule has 0 heterocycles. The summed E-state index contributed by atoms with van der Waals surface area (Å²) in [6.07, 6.45) is 0. The molecule has 26 heavy (non-hydrogen) atoms. The zero-order valence-electron chi connectivity index (χ0n) is 14.3. The van der Waals surface area contributed by atoms with Gasteiger partial charge in [0.05, 0.1) is 7.11 Å². The second kappa shape index (κ2) is 8.72. The van der Waals surface area contributed by atoms with Crippen LogP contribution >= 0.6 is 15.9 Å². The molecule has 3 aromatic rings. The van der Waals surface area contributed by atoms with Gasteiger partial charge in [-0.2, -0.15) is 0 Å². The van der Waals surface area contributed by atoms with Crippen LogP contribution in [0.25, 0.3) is 0 Å². The molecule has 0 aliphatic carbocycles. The van der Waals surface area contributed by atoms with E-state index in [2.05, 4.69) is 21.2 Å². The highest BCUT2D eigenvalue weighted by Crippen LogP contribution is 2.37. The van der Waals surface area contributed by atoms with Gasteiger partial charge in [-0.15, -0.1) is 0 Å². The van der Waals surface area contributed by atoms with Gasteiger partial charge in [-0.25, -0.2) is 4.39 Å². The molecule has 134 valence electrons. The maximum atomic E-state index is 13.9. The van der Waals surface area contributed by atoms with Crippen LogP contribution in [0.3, 0.4) is 0 Å². The second-order valence-corrected chi connectivity index (χ2v) is 6.51. The number of hydrogen-bond donors (Lipinski definition) is 1. The number of hydrogen-bond acceptors (Lipinski definition) is 3. The van der Waals surface area contributed by atoms with Gasteiger partial charge < -0.3 is 14.8 Å². The third-order valence-corrected chi connectivity index (χ3v) is 4.70. The van der Waals surface area contributed by atoms with Gasteiger partial charge in [0, 0.05) is 27.8 Å². The zero-order valence-corrected chi connectivity index (χ0v) is 15.9. The summed E-state index contributed by atoms with van der Waals surface area (Å²) in [5.74, 6) is 0.911. The van der Waals surface area contributed by atoms with E-state index in [1.165, 1.54) is 6.07 Å². The highest BCUT2D eigenvalue weighted by atomic mass is 79.9. The van der Waals surface area contributed by atoms with E-state index in [1.54, 1.807) is 25.3 Å². The molecule has 0 aliphatic heterocycles. The Balaban J connectivity index is 1.84. The van der Waals surface area contributed by atoms with Crippen molar-refractivity contribution in [1.82, 2.24) is 0 Å². The van der Waals surface area contributed by atoms with Crippen molar-refractivity contribution in [2.75, 3.05) is 12.4 Å². The molecule has 0 fully saturated rings. The lowest BCUT2D eigenvalue weighted by molar-refractivity contribution is 0.276. The topological polar surface area (TPSA) is 30.5 Å². The predicted octanol–water partition coefficient (Wildman–Crippen LogP) is 5.79. The first-order valence-electron chi connectivity index (χ1n) is 8.19. The van der Waals surface area contributed by atoms with Crippen molar-refractivity contribution in [1.29, 1.82) is 0 Å². The fourth-order valence-corrected chi connectivity index (χ4v) is 3.03. The lowest BCUT2D eigenvalue weighted by atomic mass is 10.1. The quantitative estimate of drug-likeness (QED) is 0.529. The van der Waals surface area contributed by atoms with Crippen molar-refractivity contribution in [3.05, 3.63) is 88.1 Å². The highest BCUT2D eigenvalue weighted by molar-refractivity contribution is 9.10. The first-order valence-corrected chi connectivity index (χ1v) is 8.99. The van der Waals surface area contributed by atoms with Crippen molar-refractivity contribution in [2.24, 2.45) is 0 Å². The molecule has 1 N–H and O–H groups in total. The molecule has 3 nitrogen and oxygen atoms in total. The standard InChI is InChI=1S/C21H19BrFNO2/c1-25-20-12-11-18(22)17(13-24-16-8-3-2-4-9-16)21(20)26-14-15-7-5-6-10-19(15)23/h2-12,24H,13-14H2,1H3. The Morgan fingerprint density at radius 3 is 2.42 bits per heavy atom. The van der Waals surface area contributed by atoms with E-state index in [0.717, 1.165) is 15.7 Å². The number of halogens is 2. The van der Waals surface area contributed by atoms with E-state index in [4.69, 9.17) is 9.47 Å². The minimum atomic E-state index is -0.287. The van der Waals surface area contributed by atoms with Crippen LogP contribution in [0.15, 0.2) is 71.2 Å². The summed E-state index contributed by atoms with van der Waals surface area (Å²) in [5, 5.41) is 3.36. The first kappa shape index (κ1) is 18.3. The van der Waals surface area contributed by atoms with Gasteiger partial charge in [0.15, 0.2) is 11.5 Å². The van der Waals surface area contributed by atoms with Crippen LogP contribution in [0.4, 0.5) is 10.1 Å². The lowest BCUT2D eigenvalue weighted by Crippen LogP contribution is -2.07. The summed E-state index contributed by atoms with van der Waals surface area (Å²) in [5.41, 5.74) is 2.41. The highest BCUT2D eigenvalue weighted by Gasteiger charge is 2.15. The molecule has 0 unspecified atom stereocenters. The van der Waals surface area contributed by atoms with E-state index in [1.807, 2.05) is 42.5 Å². The largest absolute Gasteiger partial charge is 0.493 e. The summed E-state index contributed by atoms with van der Waals surface area (Å²) in [4.78, 5) is 0. The molecule has 0 saturated carbocycles. The van der Waals surface area contributed by atoms with Gasteiger partial charge in [0.25, 0.3) is 0 Å². The number of rotatable bonds is 7. The van der Waals surface area contributed by atoms with E-state index in [9.17, 15) is 4.39 Å². The smallest absolute Gasteiger partial charge is 0.167 e. The average molecular weight is 416 g/mol. The third-order valence-electron chi connectivity index (χ3n) is 3.96. The molecule has 3 rings (SSSR count). The number of para-hydroxylation sites is 1. The zero-order chi connectivity index (χ0) is 18.4. The molecular weight excluding hydrogens is 397 g/mol. The van der Waals surface area contributed by atoms with E-state index in [-0.39, 0.29) is 12.4 Å². The van der Waals surface area contributed by atoms with E-state index >= 15 is 0 Å². The van der Waals surface area contributed by atoms with Gasteiger partial charge in [-0.05, 0) is 30.3 Å². The Kier molecular flexibility index (Phi) is 6.12. The Hall–Kier alpha value is -2.53. The molecule has 5 heteroatoms. The Morgan fingerprint density at radius 1 is 0.962 bits per heavy atom. The summed E-state index contributed by atoms with van der Waals surface area (Å²) >= 11 is 3.58. The molecule has 0 aromatic heterocycles. The third kappa shape index (κ3) is 4.35. The van der Waals surface area contributed by atoms with Crippen LogP contribution in [0.1, 0.15) is 11.1 Å². The van der Waals surface area contributed by atoms with Gasteiger partial charge in [0.1, 0.15) is 12.4 Å². The number of ether oxygens (including phenoxy) is 2. The number of benzene rings is 3. The second-order valence-electron chi connectivity index (χ2n) is 5.66. The van der Waals surface area contributed by atoms with Gasteiger partial charge in [-0.1, -0.05) is 52.3 Å². The Bertz CT molecular complexity index is 871. The van der Waals surface area contributed by atoms with Crippen LogP contribution in [-0.2, 0) is 13.2 Å². The van der Waals surface area contributed by atoms with Crippen LogP contribution in [0.2, 0.25) is 0 Å². The molecule has 0 amide bonds. The molecule has 3 aromatic carbocycles. The maximum absolute atomic E-state index is 13.9. The first-order chi connectivity index (χ1) is 12.7. The number of nitrogens with one attached hydrogen (secondary N) is 1. The van der Waals surface area contributed by atoms with Crippen molar-refractivity contribution < 1.29 is 13.9 Å². The van der Waals surface area contributed by atoms with Crippen LogP contribution in [0, 0.1) is 5.82 Å². The average Bonchev–Trinajstić information content (AvgIpc) is 2.67.